The monoisotopic (exact) mass is 216 g/mol. The Morgan fingerprint density at radius 1 is 1.69 bits per heavy atom. The summed E-state index contributed by atoms with van der Waals surface area (Å²) in [5.41, 5.74) is 0. The van der Waals surface area contributed by atoms with Gasteiger partial charge in [0.25, 0.3) is 0 Å². The molecule has 1 aromatic heterocycles. The van der Waals surface area contributed by atoms with E-state index in [0.29, 0.717) is 4.47 Å². The fourth-order valence-corrected chi connectivity index (χ4v) is 2.38. The molecule has 1 fully saturated rings. The Bertz CT molecular complexity index is 283. The predicted molar refractivity (Wildman–Crippen MR) is 57.7 cm³/mol. The van der Waals surface area contributed by atoms with E-state index < -0.39 is 0 Å². The standard InChI is InChI=1S/C9H13ClN2S/c1-12(5-7-3-2-4-7)8-6-13-9(10)11-8/h6-7H,2-5H2,1H3. The number of aromatic nitrogens is 1. The zero-order valence-corrected chi connectivity index (χ0v) is 9.24. The molecule has 0 radical (unpaired) electrons. The number of rotatable bonds is 3. The molecule has 13 heavy (non-hydrogen) atoms. The van der Waals surface area contributed by atoms with Crippen LogP contribution in [0, 0.1) is 5.92 Å². The van der Waals surface area contributed by atoms with Crippen molar-refractivity contribution in [2.24, 2.45) is 5.92 Å². The van der Waals surface area contributed by atoms with Crippen molar-refractivity contribution in [3.05, 3.63) is 9.85 Å². The summed E-state index contributed by atoms with van der Waals surface area (Å²) < 4.78 is 0.635. The summed E-state index contributed by atoms with van der Waals surface area (Å²) in [6, 6.07) is 0. The van der Waals surface area contributed by atoms with Crippen molar-refractivity contribution in [2.75, 3.05) is 18.5 Å². The number of anilines is 1. The van der Waals surface area contributed by atoms with E-state index in [-0.39, 0.29) is 0 Å². The molecule has 0 spiro atoms. The van der Waals surface area contributed by atoms with Gasteiger partial charge in [0.15, 0.2) is 4.47 Å². The maximum atomic E-state index is 5.77. The molecule has 0 saturated heterocycles. The summed E-state index contributed by atoms with van der Waals surface area (Å²) in [7, 11) is 2.09. The topological polar surface area (TPSA) is 16.1 Å². The lowest BCUT2D eigenvalue weighted by Crippen LogP contribution is -2.29. The molecule has 1 saturated carbocycles. The van der Waals surface area contributed by atoms with Crippen molar-refractivity contribution in [1.82, 2.24) is 4.98 Å². The molecule has 72 valence electrons. The number of hydrogen-bond donors (Lipinski definition) is 0. The summed E-state index contributed by atoms with van der Waals surface area (Å²) in [5.74, 6) is 1.90. The first-order valence-electron chi connectivity index (χ1n) is 4.58. The normalized spacial score (nSPS) is 17.1. The molecule has 0 aromatic carbocycles. The second-order valence-electron chi connectivity index (χ2n) is 3.64. The van der Waals surface area contributed by atoms with Gasteiger partial charge < -0.3 is 4.90 Å². The lowest BCUT2D eigenvalue weighted by molar-refractivity contribution is 0.321. The van der Waals surface area contributed by atoms with Crippen molar-refractivity contribution >= 4 is 28.8 Å². The summed E-state index contributed by atoms with van der Waals surface area (Å²) in [5, 5.41) is 2.01. The molecule has 0 amide bonds. The van der Waals surface area contributed by atoms with Crippen LogP contribution in [0.1, 0.15) is 19.3 Å². The molecule has 1 aromatic rings. The quantitative estimate of drug-likeness (QED) is 0.772. The van der Waals surface area contributed by atoms with Crippen LogP contribution in [0.3, 0.4) is 0 Å². The van der Waals surface area contributed by atoms with Gasteiger partial charge >= 0.3 is 0 Å². The van der Waals surface area contributed by atoms with E-state index >= 15 is 0 Å². The molecule has 0 N–H and O–H groups in total. The molecule has 2 nitrogen and oxygen atoms in total. The van der Waals surface area contributed by atoms with Gasteiger partial charge in [-0.25, -0.2) is 4.98 Å². The molecule has 0 unspecified atom stereocenters. The zero-order valence-electron chi connectivity index (χ0n) is 7.66. The van der Waals surface area contributed by atoms with Crippen LogP contribution in [0.4, 0.5) is 5.82 Å². The van der Waals surface area contributed by atoms with Crippen molar-refractivity contribution in [3.63, 3.8) is 0 Å². The summed E-state index contributed by atoms with van der Waals surface area (Å²) in [4.78, 5) is 6.43. The fourth-order valence-electron chi connectivity index (χ4n) is 1.58. The van der Waals surface area contributed by atoms with E-state index in [1.807, 2.05) is 5.38 Å². The van der Waals surface area contributed by atoms with Crippen LogP contribution in [0.2, 0.25) is 4.47 Å². The van der Waals surface area contributed by atoms with E-state index in [1.165, 1.54) is 30.6 Å². The minimum absolute atomic E-state index is 0.635. The SMILES string of the molecule is CN(CC1CCC1)c1csc(Cl)n1. The minimum atomic E-state index is 0.635. The average Bonchev–Trinajstić information content (AvgIpc) is 2.44. The third kappa shape index (κ3) is 2.15. The van der Waals surface area contributed by atoms with Crippen LogP contribution in [0.15, 0.2) is 5.38 Å². The third-order valence-electron chi connectivity index (χ3n) is 2.61. The molecule has 1 heterocycles. The van der Waals surface area contributed by atoms with Crippen LogP contribution in [-0.2, 0) is 0 Å². The van der Waals surface area contributed by atoms with Gasteiger partial charge in [0.2, 0.25) is 0 Å². The summed E-state index contributed by atoms with van der Waals surface area (Å²) in [6.45, 7) is 1.13. The zero-order chi connectivity index (χ0) is 9.26. The summed E-state index contributed by atoms with van der Waals surface area (Å²) in [6.07, 6.45) is 4.15. The first kappa shape index (κ1) is 9.28. The Balaban J connectivity index is 1.92. The van der Waals surface area contributed by atoms with Gasteiger partial charge in [0.05, 0.1) is 0 Å². The number of thiazole rings is 1. The minimum Gasteiger partial charge on any atom is -0.359 e. The molecule has 0 bridgehead atoms. The highest BCUT2D eigenvalue weighted by atomic mass is 35.5. The van der Waals surface area contributed by atoms with Crippen LogP contribution in [0.25, 0.3) is 0 Å². The largest absolute Gasteiger partial charge is 0.359 e. The first-order chi connectivity index (χ1) is 6.25. The Morgan fingerprint density at radius 3 is 2.92 bits per heavy atom. The highest BCUT2D eigenvalue weighted by Gasteiger charge is 2.19. The van der Waals surface area contributed by atoms with Crippen LogP contribution >= 0.6 is 22.9 Å². The van der Waals surface area contributed by atoms with Crippen molar-refractivity contribution < 1.29 is 0 Å². The van der Waals surface area contributed by atoms with Crippen molar-refractivity contribution in [3.8, 4) is 0 Å². The van der Waals surface area contributed by atoms with E-state index in [2.05, 4.69) is 16.9 Å². The maximum Gasteiger partial charge on any atom is 0.185 e. The van der Waals surface area contributed by atoms with Crippen molar-refractivity contribution in [1.29, 1.82) is 0 Å². The Kier molecular flexibility index (Phi) is 2.74. The maximum absolute atomic E-state index is 5.77. The Hall–Kier alpha value is -0.280. The van der Waals surface area contributed by atoms with E-state index in [1.54, 1.807) is 0 Å². The molecular weight excluding hydrogens is 204 g/mol. The molecular formula is C9H13ClN2S. The van der Waals surface area contributed by atoms with E-state index in [0.717, 1.165) is 18.3 Å². The molecule has 1 aliphatic rings. The molecule has 0 atom stereocenters. The van der Waals surface area contributed by atoms with Gasteiger partial charge in [-0.15, -0.1) is 11.3 Å². The lowest BCUT2D eigenvalue weighted by atomic mass is 9.85. The Labute approximate surface area is 87.5 Å². The highest BCUT2D eigenvalue weighted by molar-refractivity contribution is 7.14. The highest BCUT2D eigenvalue weighted by Crippen LogP contribution is 2.29. The molecule has 0 aliphatic heterocycles. The van der Waals surface area contributed by atoms with Crippen LogP contribution in [-0.4, -0.2) is 18.6 Å². The van der Waals surface area contributed by atoms with Gasteiger partial charge in [0, 0.05) is 19.0 Å². The van der Waals surface area contributed by atoms with Gasteiger partial charge in [0.1, 0.15) is 5.82 Å². The Morgan fingerprint density at radius 2 is 2.46 bits per heavy atom. The van der Waals surface area contributed by atoms with Gasteiger partial charge in [-0.2, -0.15) is 0 Å². The van der Waals surface area contributed by atoms with Crippen LogP contribution in [0.5, 0.6) is 0 Å². The van der Waals surface area contributed by atoms with E-state index in [9.17, 15) is 0 Å². The first-order valence-corrected chi connectivity index (χ1v) is 5.83. The molecule has 1 aliphatic carbocycles. The average molecular weight is 217 g/mol. The molecule has 4 heteroatoms. The predicted octanol–water partition coefficient (Wildman–Crippen LogP) is 3.03. The molecule has 2 rings (SSSR count). The summed E-state index contributed by atoms with van der Waals surface area (Å²) >= 11 is 7.27. The van der Waals surface area contributed by atoms with Gasteiger partial charge in [-0.3, -0.25) is 0 Å². The van der Waals surface area contributed by atoms with Gasteiger partial charge in [-0.05, 0) is 18.8 Å². The van der Waals surface area contributed by atoms with E-state index in [4.69, 9.17) is 11.6 Å². The van der Waals surface area contributed by atoms with Gasteiger partial charge in [-0.1, -0.05) is 18.0 Å². The second kappa shape index (κ2) is 3.84. The number of hydrogen-bond acceptors (Lipinski definition) is 3. The number of halogens is 1. The number of nitrogens with zero attached hydrogens (tertiary/aromatic N) is 2. The fraction of sp³-hybridized carbons (Fsp3) is 0.667. The lowest BCUT2D eigenvalue weighted by Gasteiger charge is -2.30. The smallest absolute Gasteiger partial charge is 0.185 e. The second-order valence-corrected chi connectivity index (χ2v) is 5.08. The third-order valence-corrected chi connectivity index (χ3v) is 3.58. The van der Waals surface area contributed by atoms with Crippen molar-refractivity contribution in [2.45, 2.75) is 19.3 Å². The van der Waals surface area contributed by atoms with Crippen LogP contribution < -0.4 is 4.90 Å².